The van der Waals surface area contributed by atoms with E-state index >= 15 is 0 Å². The van der Waals surface area contributed by atoms with E-state index in [0.717, 1.165) is 31.8 Å². The molecule has 1 aromatic carbocycles. The molecule has 0 aliphatic rings. The van der Waals surface area contributed by atoms with Gasteiger partial charge in [0, 0.05) is 25.2 Å². The summed E-state index contributed by atoms with van der Waals surface area (Å²) in [6.45, 7) is 2.70. The molecule has 0 atom stereocenters. The van der Waals surface area contributed by atoms with Gasteiger partial charge in [0.05, 0.1) is 10.2 Å². The van der Waals surface area contributed by atoms with Crippen LogP contribution < -0.4 is 5.32 Å². The van der Waals surface area contributed by atoms with Gasteiger partial charge in [-0.05, 0) is 36.2 Å². The summed E-state index contributed by atoms with van der Waals surface area (Å²) in [6, 6.07) is 8.51. The molecule has 1 N–H and O–H groups in total. The van der Waals surface area contributed by atoms with Crippen molar-refractivity contribution in [1.29, 1.82) is 0 Å². The number of nitrogens with zero attached hydrogens (tertiary/aromatic N) is 3. The first kappa shape index (κ1) is 14.1. The topological polar surface area (TPSA) is 42.7 Å². The molecule has 116 valence electrons. The fraction of sp³-hybridized carbons (Fsp3) is 0.176. The Hall–Kier alpha value is -2.47. The number of aryl methyl sites for hydroxylation is 2. The number of nitrogens with one attached hydrogen (secondary N) is 1. The molecule has 6 heteroatoms. The molecule has 3 heterocycles. The number of hydrogen-bond donors (Lipinski definition) is 1. The summed E-state index contributed by atoms with van der Waals surface area (Å²) in [6.07, 6.45) is 1.84. The number of rotatable bonds is 3. The van der Waals surface area contributed by atoms with Gasteiger partial charge in [0.1, 0.15) is 10.6 Å². The number of benzene rings is 1. The van der Waals surface area contributed by atoms with Gasteiger partial charge in [-0.1, -0.05) is 12.1 Å². The molecule has 23 heavy (non-hydrogen) atoms. The van der Waals surface area contributed by atoms with Gasteiger partial charge in [-0.2, -0.15) is 5.10 Å². The molecule has 0 amide bonds. The average molecular weight is 326 g/mol. The highest BCUT2D eigenvalue weighted by atomic mass is 32.1. The van der Waals surface area contributed by atoms with Crippen molar-refractivity contribution in [3.63, 3.8) is 0 Å². The van der Waals surface area contributed by atoms with E-state index in [-0.39, 0.29) is 5.82 Å². The summed E-state index contributed by atoms with van der Waals surface area (Å²) in [5.74, 6) is 0.620. The maximum atomic E-state index is 13.0. The van der Waals surface area contributed by atoms with Crippen LogP contribution in [0.1, 0.15) is 11.1 Å². The fourth-order valence-corrected chi connectivity index (χ4v) is 3.98. The van der Waals surface area contributed by atoms with Crippen LogP contribution in [0.2, 0.25) is 0 Å². The maximum Gasteiger partial charge on any atom is 0.166 e. The van der Waals surface area contributed by atoms with Crippen LogP contribution in [-0.2, 0) is 13.6 Å². The molecule has 4 nitrogen and oxygen atoms in total. The second-order valence-corrected chi connectivity index (χ2v) is 6.54. The van der Waals surface area contributed by atoms with Gasteiger partial charge in [0.2, 0.25) is 0 Å². The van der Waals surface area contributed by atoms with E-state index in [9.17, 15) is 4.39 Å². The molecule has 0 radical (unpaired) electrons. The Morgan fingerprint density at radius 3 is 2.78 bits per heavy atom. The lowest BCUT2D eigenvalue weighted by Gasteiger charge is -2.03. The van der Waals surface area contributed by atoms with Crippen LogP contribution in [0.25, 0.3) is 20.4 Å². The molecular weight excluding hydrogens is 311 g/mol. The number of thiophene rings is 1. The van der Waals surface area contributed by atoms with Crippen molar-refractivity contribution in [1.82, 2.24) is 14.8 Å². The van der Waals surface area contributed by atoms with Crippen LogP contribution in [0.15, 0.2) is 36.5 Å². The zero-order chi connectivity index (χ0) is 16.0. The first-order chi connectivity index (χ1) is 11.1. The van der Waals surface area contributed by atoms with Crippen LogP contribution in [0.5, 0.6) is 0 Å². The summed E-state index contributed by atoms with van der Waals surface area (Å²) in [5, 5.41) is 9.10. The second-order valence-electron chi connectivity index (χ2n) is 5.54. The van der Waals surface area contributed by atoms with Crippen molar-refractivity contribution in [3.05, 3.63) is 53.5 Å². The molecule has 0 saturated carbocycles. The molecule has 4 aromatic rings. The Labute approximate surface area is 136 Å². The van der Waals surface area contributed by atoms with E-state index in [4.69, 9.17) is 0 Å². The smallest absolute Gasteiger partial charge is 0.166 e. The standard InChI is InChI=1S/C17H15FN4S/c1-10-7-8-19-17-13(10)14-15(23-17)16(21-22(14)2)20-9-11-3-5-12(18)6-4-11/h3-8H,9H2,1-2H3,(H,20,21). The Morgan fingerprint density at radius 2 is 2.00 bits per heavy atom. The van der Waals surface area contributed by atoms with E-state index in [0.29, 0.717) is 6.54 Å². The highest BCUT2D eigenvalue weighted by molar-refractivity contribution is 7.26. The molecule has 0 aliphatic carbocycles. The minimum absolute atomic E-state index is 0.222. The quantitative estimate of drug-likeness (QED) is 0.612. The number of halogens is 1. The van der Waals surface area contributed by atoms with Crippen LogP contribution in [0.3, 0.4) is 0 Å². The molecule has 0 aliphatic heterocycles. The third kappa shape index (κ3) is 2.35. The summed E-state index contributed by atoms with van der Waals surface area (Å²) >= 11 is 1.64. The summed E-state index contributed by atoms with van der Waals surface area (Å²) in [7, 11) is 1.95. The SMILES string of the molecule is Cc1ccnc2sc3c(NCc4ccc(F)cc4)nn(C)c3c12. The molecule has 0 unspecified atom stereocenters. The summed E-state index contributed by atoms with van der Waals surface area (Å²) in [5.41, 5.74) is 3.33. The monoisotopic (exact) mass is 326 g/mol. The lowest BCUT2D eigenvalue weighted by molar-refractivity contribution is 0.627. The third-order valence-electron chi connectivity index (χ3n) is 3.94. The molecule has 0 fully saturated rings. The highest BCUT2D eigenvalue weighted by Gasteiger charge is 2.17. The Bertz CT molecular complexity index is 1000. The summed E-state index contributed by atoms with van der Waals surface area (Å²) < 4.78 is 16.0. The van der Waals surface area contributed by atoms with Gasteiger partial charge in [0.25, 0.3) is 0 Å². The zero-order valence-corrected chi connectivity index (χ0v) is 13.6. The van der Waals surface area contributed by atoms with E-state index < -0.39 is 0 Å². The number of hydrogen-bond acceptors (Lipinski definition) is 4. The van der Waals surface area contributed by atoms with Crippen molar-refractivity contribution in [2.75, 3.05) is 5.32 Å². The molecule has 0 bridgehead atoms. The van der Waals surface area contributed by atoms with Gasteiger partial charge >= 0.3 is 0 Å². The van der Waals surface area contributed by atoms with Crippen molar-refractivity contribution in [2.24, 2.45) is 7.05 Å². The minimum Gasteiger partial charge on any atom is -0.363 e. The lowest BCUT2D eigenvalue weighted by Crippen LogP contribution is -2.01. The van der Waals surface area contributed by atoms with E-state index in [2.05, 4.69) is 22.3 Å². The zero-order valence-electron chi connectivity index (χ0n) is 12.8. The number of anilines is 1. The van der Waals surface area contributed by atoms with Gasteiger partial charge < -0.3 is 5.32 Å². The van der Waals surface area contributed by atoms with E-state index in [1.54, 1.807) is 23.5 Å². The van der Waals surface area contributed by atoms with Gasteiger partial charge in [-0.25, -0.2) is 9.37 Å². The third-order valence-corrected chi connectivity index (χ3v) is 5.03. The van der Waals surface area contributed by atoms with Crippen molar-refractivity contribution in [2.45, 2.75) is 13.5 Å². The predicted molar refractivity (Wildman–Crippen MR) is 92.4 cm³/mol. The average Bonchev–Trinajstić information content (AvgIpc) is 3.06. The predicted octanol–water partition coefficient (Wildman–Crippen LogP) is 4.24. The minimum atomic E-state index is -0.222. The van der Waals surface area contributed by atoms with Crippen LogP contribution in [0, 0.1) is 12.7 Å². The Morgan fingerprint density at radius 1 is 1.22 bits per heavy atom. The number of aromatic nitrogens is 3. The fourth-order valence-electron chi connectivity index (χ4n) is 2.78. The van der Waals surface area contributed by atoms with Crippen molar-refractivity contribution >= 4 is 37.6 Å². The summed E-state index contributed by atoms with van der Waals surface area (Å²) in [4.78, 5) is 5.50. The normalized spacial score (nSPS) is 11.4. The first-order valence-corrected chi connectivity index (χ1v) is 8.14. The molecule has 4 rings (SSSR count). The van der Waals surface area contributed by atoms with Gasteiger partial charge in [-0.15, -0.1) is 11.3 Å². The molecule has 3 aromatic heterocycles. The number of fused-ring (bicyclic) bond motifs is 3. The van der Waals surface area contributed by atoms with Crippen molar-refractivity contribution < 1.29 is 4.39 Å². The van der Waals surface area contributed by atoms with Crippen LogP contribution in [0.4, 0.5) is 10.2 Å². The molecule has 0 spiro atoms. The molecular formula is C17H15FN4S. The maximum absolute atomic E-state index is 13.0. The Balaban J connectivity index is 1.74. The Kier molecular flexibility index (Phi) is 3.27. The lowest BCUT2D eigenvalue weighted by atomic mass is 10.2. The van der Waals surface area contributed by atoms with Crippen LogP contribution >= 0.6 is 11.3 Å². The first-order valence-electron chi connectivity index (χ1n) is 7.32. The van der Waals surface area contributed by atoms with E-state index in [1.165, 1.54) is 17.7 Å². The van der Waals surface area contributed by atoms with Gasteiger partial charge in [0.15, 0.2) is 5.82 Å². The van der Waals surface area contributed by atoms with Crippen LogP contribution in [-0.4, -0.2) is 14.8 Å². The van der Waals surface area contributed by atoms with Gasteiger partial charge in [-0.3, -0.25) is 4.68 Å². The highest BCUT2D eigenvalue weighted by Crippen LogP contribution is 2.38. The number of pyridine rings is 1. The molecule has 0 saturated heterocycles. The largest absolute Gasteiger partial charge is 0.363 e. The second kappa shape index (κ2) is 5.31. The van der Waals surface area contributed by atoms with Crippen molar-refractivity contribution in [3.8, 4) is 0 Å². The van der Waals surface area contributed by atoms with E-state index in [1.807, 2.05) is 24.0 Å².